The minimum atomic E-state index is -0.565. The van der Waals surface area contributed by atoms with Crippen LogP contribution < -0.4 is 15.8 Å². The van der Waals surface area contributed by atoms with Crippen LogP contribution in [0.15, 0.2) is 102 Å². The number of nitrogens with one attached hydrogen (secondary N) is 2. The number of ether oxygens (including phenoxy) is 2. The first-order valence-corrected chi connectivity index (χ1v) is 12.5. The Morgan fingerprint density at radius 2 is 1.78 bits per heavy atom. The summed E-state index contributed by atoms with van der Waals surface area (Å²) >= 11 is 1.57. The van der Waals surface area contributed by atoms with Gasteiger partial charge >= 0.3 is 6.09 Å². The minimum Gasteiger partial charge on any atom is -0.482 e. The Kier molecular flexibility index (Phi) is 6.95. The van der Waals surface area contributed by atoms with Gasteiger partial charge in [0.15, 0.2) is 6.10 Å². The zero-order valence-corrected chi connectivity index (χ0v) is 20.3. The molecule has 0 radical (unpaired) electrons. The Morgan fingerprint density at radius 3 is 2.56 bits per heavy atom. The molecule has 1 aromatic heterocycles. The van der Waals surface area contributed by atoms with Crippen LogP contribution in [-0.2, 0) is 11.2 Å². The Bertz CT molecular complexity index is 1360. The summed E-state index contributed by atoms with van der Waals surface area (Å²) in [5.74, 6) is 0.863. The lowest BCUT2D eigenvalue weighted by atomic mass is 10.1. The molecule has 182 valence electrons. The molecule has 0 saturated carbocycles. The van der Waals surface area contributed by atoms with Crippen molar-refractivity contribution in [1.29, 1.82) is 5.41 Å². The second-order valence-corrected chi connectivity index (χ2v) is 9.59. The first kappa shape index (κ1) is 23.6. The van der Waals surface area contributed by atoms with Gasteiger partial charge < -0.3 is 19.8 Å². The van der Waals surface area contributed by atoms with Crippen molar-refractivity contribution in [3.8, 4) is 11.4 Å². The first-order valence-electron chi connectivity index (χ1n) is 11.6. The van der Waals surface area contributed by atoms with E-state index in [1.54, 1.807) is 11.8 Å². The van der Waals surface area contributed by atoms with Gasteiger partial charge in [0.25, 0.3) is 0 Å². The number of hydrogen-bond donors (Lipinski definition) is 3. The van der Waals surface area contributed by atoms with Crippen LogP contribution in [0.25, 0.3) is 5.69 Å². The van der Waals surface area contributed by atoms with Gasteiger partial charge in [0.05, 0.1) is 16.6 Å². The zero-order valence-electron chi connectivity index (χ0n) is 19.5. The van der Waals surface area contributed by atoms with Crippen LogP contribution in [0.3, 0.4) is 0 Å². The van der Waals surface area contributed by atoms with Crippen molar-refractivity contribution in [2.75, 3.05) is 11.9 Å². The summed E-state index contributed by atoms with van der Waals surface area (Å²) in [5.41, 5.74) is 9.16. The van der Waals surface area contributed by atoms with Gasteiger partial charge in [-0.25, -0.2) is 4.79 Å². The van der Waals surface area contributed by atoms with Crippen LogP contribution >= 0.6 is 11.8 Å². The number of carbonyl (C=O) groups excluding carboxylic acids is 1. The SMILES string of the molecule is N=C(N)C1Cc2c(OC(COC(=O)Nc3ccccc3-n3cccc3)c3ccccc3)cccc2S1. The number of anilines is 1. The number of aromatic nitrogens is 1. The van der Waals surface area contributed by atoms with Crippen LogP contribution in [-0.4, -0.2) is 28.4 Å². The average Bonchev–Trinajstić information content (AvgIpc) is 3.58. The predicted octanol–water partition coefficient (Wildman–Crippen LogP) is 5.80. The number of amides is 1. The van der Waals surface area contributed by atoms with E-state index in [-0.39, 0.29) is 17.7 Å². The number of hydrogen-bond acceptors (Lipinski definition) is 5. The van der Waals surface area contributed by atoms with Gasteiger partial charge in [-0.05, 0) is 48.4 Å². The quantitative estimate of drug-likeness (QED) is 0.211. The minimum absolute atomic E-state index is 0.0223. The second kappa shape index (κ2) is 10.6. The summed E-state index contributed by atoms with van der Waals surface area (Å²) in [5, 5.41) is 10.6. The van der Waals surface area contributed by atoms with E-state index >= 15 is 0 Å². The van der Waals surface area contributed by atoms with Crippen molar-refractivity contribution in [2.45, 2.75) is 22.7 Å². The van der Waals surface area contributed by atoms with E-state index in [0.717, 1.165) is 21.7 Å². The normalized spacial score (nSPS) is 15.1. The van der Waals surface area contributed by atoms with E-state index in [0.29, 0.717) is 17.9 Å². The molecule has 8 heteroatoms. The Balaban J connectivity index is 1.31. The average molecular weight is 499 g/mol. The molecule has 3 aromatic carbocycles. The third kappa shape index (κ3) is 5.23. The van der Waals surface area contributed by atoms with Crippen molar-refractivity contribution in [1.82, 2.24) is 4.57 Å². The fourth-order valence-electron chi connectivity index (χ4n) is 4.14. The molecule has 2 atom stereocenters. The number of para-hydroxylation sites is 2. The van der Waals surface area contributed by atoms with Crippen LogP contribution in [0, 0.1) is 5.41 Å². The third-order valence-electron chi connectivity index (χ3n) is 5.93. The summed E-state index contributed by atoms with van der Waals surface area (Å²) in [7, 11) is 0. The van der Waals surface area contributed by atoms with Gasteiger partial charge in [0.1, 0.15) is 18.2 Å². The maximum atomic E-state index is 12.8. The van der Waals surface area contributed by atoms with E-state index < -0.39 is 12.2 Å². The maximum absolute atomic E-state index is 12.8. The van der Waals surface area contributed by atoms with Gasteiger partial charge in [0, 0.05) is 22.9 Å². The lowest BCUT2D eigenvalue weighted by molar-refractivity contribution is 0.0893. The molecule has 7 nitrogen and oxygen atoms in total. The molecular formula is C28H26N4O3S. The topological polar surface area (TPSA) is 102 Å². The number of fused-ring (bicyclic) bond motifs is 1. The van der Waals surface area contributed by atoms with Gasteiger partial charge in [-0.1, -0.05) is 48.5 Å². The van der Waals surface area contributed by atoms with E-state index in [9.17, 15) is 4.79 Å². The number of nitrogens with two attached hydrogens (primary N) is 1. The molecule has 0 aliphatic carbocycles. The predicted molar refractivity (Wildman–Crippen MR) is 142 cm³/mol. The number of thioether (sulfide) groups is 1. The Labute approximate surface area is 213 Å². The number of benzene rings is 3. The molecule has 5 rings (SSSR count). The highest BCUT2D eigenvalue weighted by molar-refractivity contribution is 8.01. The summed E-state index contributed by atoms with van der Waals surface area (Å²) < 4.78 is 14.0. The summed E-state index contributed by atoms with van der Waals surface area (Å²) in [6, 6.07) is 26.9. The first-order chi connectivity index (χ1) is 17.6. The number of nitrogens with zero attached hydrogens (tertiary/aromatic N) is 1. The van der Waals surface area contributed by atoms with Crippen molar-refractivity contribution >= 4 is 29.4 Å². The second-order valence-electron chi connectivity index (χ2n) is 8.35. The molecule has 1 aliphatic heterocycles. The van der Waals surface area contributed by atoms with Gasteiger partial charge in [-0.3, -0.25) is 10.7 Å². The molecule has 0 saturated heterocycles. The largest absolute Gasteiger partial charge is 0.482 e. The number of amidine groups is 1. The van der Waals surface area contributed by atoms with E-state index in [2.05, 4.69) is 5.32 Å². The van der Waals surface area contributed by atoms with Crippen LogP contribution in [0.4, 0.5) is 10.5 Å². The Hall–Kier alpha value is -4.17. The molecule has 0 bridgehead atoms. The number of carbonyl (C=O) groups is 1. The zero-order chi connectivity index (χ0) is 24.9. The molecule has 4 aromatic rings. The Morgan fingerprint density at radius 1 is 1.03 bits per heavy atom. The van der Waals surface area contributed by atoms with Gasteiger partial charge in [-0.2, -0.15) is 0 Å². The van der Waals surface area contributed by atoms with E-state index in [1.165, 1.54) is 0 Å². The monoisotopic (exact) mass is 498 g/mol. The van der Waals surface area contributed by atoms with E-state index in [4.69, 9.17) is 20.6 Å². The maximum Gasteiger partial charge on any atom is 0.411 e. The fraction of sp³-hybridized carbons (Fsp3) is 0.143. The standard InChI is InChI=1S/C28H26N4O3S/c29-27(30)26-17-20-23(13-8-14-25(20)36-26)35-24(19-9-2-1-3-10-19)18-34-28(33)31-21-11-4-5-12-22(21)32-15-6-7-16-32/h1-16,24,26H,17-18H2,(H3,29,30)(H,31,33). The van der Waals surface area contributed by atoms with Crippen LogP contribution in [0.2, 0.25) is 0 Å². The van der Waals surface area contributed by atoms with Gasteiger partial charge in [0.2, 0.25) is 0 Å². The molecule has 1 amide bonds. The molecule has 2 heterocycles. The highest BCUT2D eigenvalue weighted by Gasteiger charge is 2.28. The molecule has 0 spiro atoms. The van der Waals surface area contributed by atoms with Crippen LogP contribution in [0.5, 0.6) is 5.75 Å². The summed E-state index contributed by atoms with van der Waals surface area (Å²) in [6.07, 6.45) is 3.38. The fourth-order valence-corrected chi connectivity index (χ4v) is 5.30. The summed E-state index contributed by atoms with van der Waals surface area (Å²) in [4.78, 5) is 13.8. The highest BCUT2D eigenvalue weighted by atomic mass is 32.2. The lowest BCUT2D eigenvalue weighted by Crippen LogP contribution is -2.24. The summed E-state index contributed by atoms with van der Waals surface area (Å²) in [6.45, 7) is 0.0223. The lowest BCUT2D eigenvalue weighted by Gasteiger charge is -2.21. The van der Waals surface area contributed by atoms with Crippen LogP contribution in [0.1, 0.15) is 17.2 Å². The third-order valence-corrected chi connectivity index (χ3v) is 7.27. The van der Waals surface area contributed by atoms with Gasteiger partial charge in [-0.15, -0.1) is 11.8 Å². The molecular weight excluding hydrogens is 472 g/mol. The van der Waals surface area contributed by atoms with Crippen molar-refractivity contribution in [3.05, 3.63) is 108 Å². The molecule has 2 unspecified atom stereocenters. The smallest absolute Gasteiger partial charge is 0.411 e. The highest BCUT2D eigenvalue weighted by Crippen LogP contribution is 2.42. The van der Waals surface area contributed by atoms with Crippen molar-refractivity contribution in [3.63, 3.8) is 0 Å². The molecule has 0 fully saturated rings. The van der Waals surface area contributed by atoms with Crippen molar-refractivity contribution in [2.24, 2.45) is 5.73 Å². The molecule has 1 aliphatic rings. The molecule has 4 N–H and O–H groups in total. The molecule has 36 heavy (non-hydrogen) atoms. The number of rotatable bonds is 8. The van der Waals surface area contributed by atoms with E-state index in [1.807, 2.05) is 102 Å². The van der Waals surface area contributed by atoms with Crippen molar-refractivity contribution < 1.29 is 14.3 Å².